The number of carbonyl (C=O) groups excluding carboxylic acids is 1. The summed E-state index contributed by atoms with van der Waals surface area (Å²) < 4.78 is 10.3. The average Bonchev–Trinajstić information content (AvgIpc) is 3.12. The first-order valence-corrected chi connectivity index (χ1v) is 7.29. The highest BCUT2D eigenvalue weighted by atomic mass is 16.5. The zero-order valence-corrected chi connectivity index (χ0v) is 12.9. The van der Waals surface area contributed by atoms with Crippen LogP contribution in [0.4, 0.5) is 0 Å². The first-order chi connectivity index (χ1) is 10.1. The van der Waals surface area contributed by atoms with Gasteiger partial charge in [0.25, 0.3) is 0 Å². The van der Waals surface area contributed by atoms with E-state index in [0.717, 1.165) is 5.96 Å². The van der Waals surface area contributed by atoms with Gasteiger partial charge >= 0.3 is 5.97 Å². The molecule has 1 aliphatic carbocycles. The highest BCUT2D eigenvalue weighted by Gasteiger charge is 2.17. The third-order valence-electron chi connectivity index (χ3n) is 3.72. The number of aliphatic imine (C=N–C) groups is 1. The molecule has 1 aliphatic rings. The molecule has 2 N–H and O–H groups in total. The highest BCUT2D eigenvalue weighted by molar-refractivity contribution is 5.90. The Hall–Kier alpha value is -1.98. The van der Waals surface area contributed by atoms with E-state index < -0.39 is 0 Å². The van der Waals surface area contributed by atoms with E-state index in [1.807, 2.05) is 0 Å². The van der Waals surface area contributed by atoms with E-state index in [4.69, 9.17) is 9.15 Å². The van der Waals surface area contributed by atoms with Crippen molar-refractivity contribution >= 4 is 11.9 Å². The lowest BCUT2D eigenvalue weighted by Crippen LogP contribution is -2.41. The number of rotatable bonds is 4. The molecule has 1 heterocycles. The third kappa shape index (κ3) is 4.00. The molecule has 0 unspecified atom stereocenters. The van der Waals surface area contributed by atoms with Gasteiger partial charge in [-0.15, -0.1) is 0 Å². The summed E-state index contributed by atoms with van der Waals surface area (Å²) >= 11 is 0. The molecular weight excluding hydrogens is 270 g/mol. The fourth-order valence-corrected chi connectivity index (χ4v) is 2.57. The zero-order valence-electron chi connectivity index (χ0n) is 12.9. The minimum absolute atomic E-state index is 0.379. The fourth-order valence-electron chi connectivity index (χ4n) is 2.57. The van der Waals surface area contributed by atoms with Crippen molar-refractivity contribution in [2.24, 2.45) is 4.99 Å². The quantitative estimate of drug-likeness (QED) is 0.504. The van der Waals surface area contributed by atoms with Gasteiger partial charge in [-0.3, -0.25) is 4.99 Å². The van der Waals surface area contributed by atoms with E-state index in [-0.39, 0.29) is 5.97 Å². The van der Waals surface area contributed by atoms with Gasteiger partial charge in [0, 0.05) is 13.1 Å². The molecule has 1 fully saturated rings. The topological polar surface area (TPSA) is 75.9 Å². The summed E-state index contributed by atoms with van der Waals surface area (Å²) in [5.74, 6) is 1.63. The molecule has 1 aromatic heterocycles. The molecule has 0 aliphatic heterocycles. The van der Waals surface area contributed by atoms with Crippen molar-refractivity contribution in [1.82, 2.24) is 10.6 Å². The van der Waals surface area contributed by atoms with Gasteiger partial charge in [0.15, 0.2) is 5.96 Å². The van der Waals surface area contributed by atoms with Crippen molar-refractivity contribution in [2.45, 2.75) is 45.2 Å². The molecule has 0 spiro atoms. The van der Waals surface area contributed by atoms with E-state index >= 15 is 0 Å². The number of carbonyl (C=O) groups is 1. The van der Waals surface area contributed by atoms with Crippen molar-refractivity contribution in [1.29, 1.82) is 0 Å². The molecule has 0 atom stereocenters. The Labute approximate surface area is 125 Å². The van der Waals surface area contributed by atoms with Gasteiger partial charge in [0.2, 0.25) is 0 Å². The van der Waals surface area contributed by atoms with Crippen molar-refractivity contribution in [2.75, 3.05) is 14.2 Å². The summed E-state index contributed by atoms with van der Waals surface area (Å²) in [5.41, 5.74) is 0.466. The molecule has 0 saturated heterocycles. The first kappa shape index (κ1) is 15.4. The van der Waals surface area contributed by atoms with Crippen LogP contribution in [0.2, 0.25) is 0 Å². The summed E-state index contributed by atoms with van der Waals surface area (Å²) in [5, 5.41) is 6.60. The summed E-state index contributed by atoms with van der Waals surface area (Å²) in [6.45, 7) is 2.23. The maximum atomic E-state index is 11.5. The van der Waals surface area contributed by atoms with Gasteiger partial charge in [-0.1, -0.05) is 12.8 Å². The number of methoxy groups -OCH3 is 1. The molecule has 6 heteroatoms. The second-order valence-electron chi connectivity index (χ2n) is 5.23. The fraction of sp³-hybridized carbons (Fsp3) is 0.600. The molecule has 116 valence electrons. The molecule has 6 nitrogen and oxygen atoms in total. The van der Waals surface area contributed by atoms with Crippen LogP contribution in [0.15, 0.2) is 15.5 Å². The summed E-state index contributed by atoms with van der Waals surface area (Å²) in [7, 11) is 3.11. The number of aryl methyl sites for hydroxylation is 1. The SMILES string of the molecule is CN=C(NCc1cc(C(=O)OC)c(C)o1)NC1CCCC1. The Balaban J connectivity index is 1.90. The van der Waals surface area contributed by atoms with Crippen molar-refractivity contribution in [3.63, 3.8) is 0 Å². The Morgan fingerprint density at radius 1 is 1.48 bits per heavy atom. The molecule has 2 rings (SSSR count). The van der Waals surface area contributed by atoms with Crippen LogP contribution >= 0.6 is 0 Å². The van der Waals surface area contributed by atoms with Crippen molar-refractivity contribution < 1.29 is 13.9 Å². The van der Waals surface area contributed by atoms with E-state index in [1.165, 1.54) is 32.8 Å². The lowest BCUT2D eigenvalue weighted by Gasteiger charge is -2.16. The Morgan fingerprint density at radius 3 is 2.81 bits per heavy atom. The predicted molar refractivity (Wildman–Crippen MR) is 80.4 cm³/mol. The van der Waals surface area contributed by atoms with E-state index in [2.05, 4.69) is 15.6 Å². The van der Waals surface area contributed by atoms with E-state index in [1.54, 1.807) is 20.0 Å². The lowest BCUT2D eigenvalue weighted by atomic mass is 10.2. The van der Waals surface area contributed by atoms with Gasteiger partial charge in [-0.2, -0.15) is 0 Å². The Bertz CT molecular complexity index is 516. The number of nitrogens with zero attached hydrogens (tertiary/aromatic N) is 1. The average molecular weight is 293 g/mol. The van der Waals surface area contributed by atoms with Crippen LogP contribution in [-0.2, 0) is 11.3 Å². The van der Waals surface area contributed by atoms with Gasteiger partial charge in [-0.25, -0.2) is 4.79 Å². The second kappa shape index (κ2) is 7.15. The Kier molecular flexibility index (Phi) is 5.25. The molecule has 1 aromatic rings. The standard InChI is InChI=1S/C15H23N3O3/c1-10-13(14(19)20-3)8-12(21-10)9-17-15(16-2)18-11-6-4-5-7-11/h8,11H,4-7,9H2,1-3H3,(H2,16,17,18). The molecule has 1 saturated carbocycles. The predicted octanol–water partition coefficient (Wildman–Crippen LogP) is 1.98. The molecule has 0 aromatic carbocycles. The van der Waals surface area contributed by atoms with Crippen LogP contribution < -0.4 is 10.6 Å². The summed E-state index contributed by atoms with van der Waals surface area (Å²) in [4.78, 5) is 15.7. The van der Waals surface area contributed by atoms with Crippen LogP contribution in [-0.4, -0.2) is 32.1 Å². The number of ether oxygens (including phenoxy) is 1. The number of furan rings is 1. The molecule has 21 heavy (non-hydrogen) atoms. The van der Waals surface area contributed by atoms with E-state index in [0.29, 0.717) is 29.7 Å². The maximum absolute atomic E-state index is 11.5. The Morgan fingerprint density at radius 2 is 2.19 bits per heavy atom. The van der Waals surface area contributed by atoms with Crippen LogP contribution in [0.1, 0.15) is 47.6 Å². The van der Waals surface area contributed by atoms with Gasteiger partial charge in [0.1, 0.15) is 17.1 Å². The minimum atomic E-state index is -0.379. The van der Waals surface area contributed by atoms with Gasteiger partial charge < -0.3 is 19.8 Å². The number of nitrogens with one attached hydrogen (secondary N) is 2. The number of hydrogen-bond donors (Lipinski definition) is 2. The second-order valence-corrected chi connectivity index (χ2v) is 5.23. The normalized spacial score (nSPS) is 16.0. The van der Waals surface area contributed by atoms with Crippen molar-refractivity contribution in [3.05, 3.63) is 23.2 Å². The molecular formula is C15H23N3O3. The van der Waals surface area contributed by atoms with Crippen LogP contribution in [0.25, 0.3) is 0 Å². The lowest BCUT2D eigenvalue weighted by molar-refractivity contribution is 0.0599. The van der Waals surface area contributed by atoms with Gasteiger partial charge in [-0.05, 0) is 25.8 Å². The summed E-state index contributed by atoms with van der Waals surface area (Å²) in [6.07, 6.45) is 4.92. The number of guanidine groups is 1. The largest absolute Gasteiger partial charge is 0.465 e. The van der Waals surface area contributed by atoms with E-state index in [9.17, 15) is 4.79 Å². The van der Waals surface area contributed by atoms with Crippen molar-refractivity contribution in [3.8, 4) is 0 Å². The zero-order chi connectivity index (χ0) is 15.2. The monoisotopic (exact) mass is 293 g/mol. The first-order valence-electron chi connectivity index (χ1n) is 7.29. The van der Waals surface area contributed by atoms with Crippen LogP contribution in [0.3, 0.4) is 0 Å². The third-order valence-corrected chi connectivity index (χ3v) is 3.72. The van der Waals surface area contributed by atoms with Gasteiger partial charge in [0.05, 0.1) is 13.7 Å². The maximum Gasteiger partial charge on any atom is 0.341 e. The minimum Gasteiger partial charge on any atom is -0.465 e. The van der Waals surface area contributed by atoms with Crippen LogP contribution in [0.5, 0.6) is 0 Å². The number of hydrogen-bond acceptors (Lipinski definition) is 4. The highest BCUT2D eigenvalue weighted by Crippen LogP contribution is 2.18. The smallest absolute Gasteiger partial charge is 0.341 e. The molecule has 0 bridgehead atoms. The number of esters is 1. The van der Waals surface area contributed by atoms with Crippen LogP contribution in [0, 0.1) is 6.92 Å². The molecule has 0 amide bonds. The molecule has 0 radical (unpaired) electrons. The summed E-state index contributed by atoms with van der Waals surface area (Å²) in [6, 6.07) is 2.21.